The Hall–Kier alpha value is -4.13. The molecule has 7 heteroatoms. The van der Waals surface area contributed by atoms with E-state index < -0.39 is 5.82 Å². The molecule has 0 aliphatic rings. The highest BCUT2D eigenvalue weighted by Crippen LogP contribution is 2.24. The molecule has 32 heavy (non-hydrogen) atoms. The minimum atomic E-state index is -0.403. The molecule has 1 N–H and O–H groups in total. The maximum Gasteiger partial charge on any atom is 0.258 e. The van der Waals surface area contributed by atoms with Gasteiger partial charge in [0.2, 0.25) is 11.2 Å². The Morgan fingerprint density at radius 3 is 2.47 bits per heavy atom. The lowest BCUT2D eigenvalue weighted by molar-refractivity contribution is -0.123. The van der Waals surface area contributed by atoms with Crippen LogP contribution in [0.25, 0.3) is 11.0 Å². The van der Waals surface area contributed by atoms with E-state index in [4.69, 9.17) is 13.9 Å². The van der Waals surface area contributed by atoms with Crippen LogP contribution in [0.2, 0.25) is 0 Å². The van der Waals surface area contributed by atoms with Crippen molar-refractivity contribution in [3.05, 3.63) is 100 Å². The monoisotopic (exact) mass is 433 g/mol. The molecule has 0 aliphatic carbocycles. The summed E-state index contributed by atoms with van der Waals surface area (Å²) in [5.74, 6) is 0.00989. The number of ether oxygens (including phenoxy) is 2. The minimum absolute atomic E-state index is 0.0201. The molecule has 0 spiro atoms. The van der Waals surface area contributed by atoms with Crippen molar-refractivity contribution in [2.45, 2.75) is 13.5 Å². The van der Waals surface area contributed by atoms with Crippen LogP contribution in [-0.4, -0.2) is 12.5 Å². The van der Waals surface area contributed by atoms with E-state index >= 15 is 0 Å². The molecule has 162 valence electrons. The van der Waals surface area contributed by atoms with Gasteiger partial charge in [-0.15, -0.1) is 0 Å². The lowest BCUT2D eigenvalue weighted by atomic mass is 10.1. The number of nitrogens with one attached hydrogen (secondary N) is 1. The zero-order valence-corrected chi connectivity index (χ0v) is 17.3. The number of aryl methyl sites for hydroxylation is 1. The standard InChI is InChI=1S/C25H20FNO5/c1-16-2-4-17(5-3-16)13-27-24(28)15-30-20-10-11-21-22(12-20)31-14-23(25(21)29)32-19-8-6-18(26)7-9-19/h2-12,14H,13,15H2,1H3,(H,27,28). The van der Waals surface area contributed by atoms with Crippen LogP contribution in [0.5, 0.6) is 17.2 Å². The van der Waals surface area contributed by atoms with Gasteiger partial charge in [0.25, 0.3) is 5.91 Å². The topological polar surface area (TPSA) is 77.8 Å². The number of hydrogen-bond acceptors (Lipinski definition) is 5. The fraction of sp³-hybridized carbons (Fsp3) is 0.120. The molecule has 1 amide bonds. The maximum absolute atomic E-state index is 13.0. The molecule has 4 aromatic rings. The van der Waals surface area contributed by atoms with Crippen LogP contribution in [0, 0.1) is 12.7 Å². The molecule has 1 aromatic heterocycles. The Kier molecular flexibility index (Phi) is 6.17. The predicted molar refractivity (Wildman–Crippen MR) is 117 cm³/mol. The van der Waals surface area contributed by atoms with Gasteiger partial charge in [0.15, 0.2) is 6.61 Å². The van der Waals surface area contributed by atoms with Gasteiger partial charge in [-0.3, -0.25) is 9.59 Å². The fourth-order valence-electron chi connectivity index (χ4n) is 2.99. The summed E-state index contributed by atoms with van der Waals surface area (Å²) in [6.45, 7) is 2.24. The summed E-state index contributed by atoms with van der Waals surface area (Å²) in [4.78, 5) is 24.7. The smallest absolute Gasteiger partial charge is 0.258 e. The first kappa shape index (κ1) is 21.1. The average Bonchev–Trinajstić information content (AvgIpc) is 2.80. The molecule has 0 fully saturated rings. The van der Waals surface area contributed by atoms with E-state index in [0.717, 1.165) is 11.1 Å². The van der Waals surface area contributed by atoms with Crippen molar-refractivity contribution >= 4 is 16.9 Å². The van der Waals surface area contributed by atoms with Gasteiger partial charge in [-0.1, -0.05) is 29.8 Å². The SMILES string of the molecule is Cc1ccc(CNC(=O)COc2ccc3c(=O)c(Oc4ccc(F)cc4)coc3c2)cc1. The second kappa shape index (κ2) is 9.34. The third-order valence-electron chi connectivity index (χ3n) is 4.74. The largest absolute Gasteiger partial charge is 0.484 e. The number of fused-ring (bicyclic) bond motifs is 1. The second-order valence-electron chi connectivity index (χ2n) is 7.19. The Balaban J connectivity index is 1.38. The number of benzene rings is 3. The summed E-state index contributed by atoms with van der Waals surface area (Å²) in [5.41, 5.74) is 2.06. The van der Waals surface area contributed by atoms with Crippen LogP contribution in [0.1, 0.15) is 11.1 Å². The second-order valence-corrected chi connectivity index (χ2v) is 7.19. The number of carbonyl (C=O) groups is 1. The van der Waals surface area contributed by atoms with E-state index in [9.17, 15) is 14.0 Å². The third-order valence-corrected chi connectivity index (χ3v) is 4.74. The van der Waals surface area contributed by atoms with Gasteiger partial charge in [-0.05, 0) is 48.9 Å². The van der Waals surface area contributed by atoms with Gasteiger partial charge in [0.1, 0.15) is 29.2 Å². The van der Waals surface area contributed by atoms with Crippen molar-refractivity contribution < 1.29 is 23.1 Å². The molecule has 0 bridgehead atoms. The summed E-state index contributed by atoms with van der Waals surface area (Å²) in [6.07, 6.45) is 1.19. The quantitative estimate of drug-likeness (QED) is 0.456. The van der Waals surface area contributed by atoms with Crippen LogP contribution < -0.4 is 20.2 Å². The summed E-state index contributed by atoms with van der Waals surface area (Å²) < 4.78 is 29.5. The maximum atomic E-state index is 13.0. The third kappa shape index (κ3) is 5.13. The van der Waals surface area contributed by atoms with Crippen molar-refractivity contribution in [2.24, 2.45) is 0 Å². The lowest BCUT2D eigenvalue weighted by Crippen LogP contribution is -2.28. The molecule has 1 heterocycles. The van der Waals surface area contributed by atoms with Gasteiger partial charge in [-0.25, -0.2) is 4.39 Å². The molecular formula is C25H20FNO5. The number of carbonyl (C=O) groups excluding carboxylic acids is 1. The summed E-state index contributed by atoms with van der Waals surface area (Å²) in [7, 11) is 0. The summed E-state index contributed by atoms with van der Waals surface area (Å²) in [5, 5.41) is 3.08. The number of rotatable bonds is 7. The van der Waals surface area contributed by atoms with Crippen molar-refractivity contribution in [2.75, 3.05) is 6.61 Å². The van der Waals surface area contributed by atoms with Crippen LogP contribution >= 0.6 is 0 Å². The highest BCUT2D eigenvalue weighted by atomic mass is 19.1. The molecule has 3 aromatic carbocycles. The molecule has 0 atom stereocenters. The normalized spacial score (nSPS) is 10.7. The Labute approximate surface area is 183 Å². The molecule has 0 aliphatic heterocycles. The first-order chi connectivity index (χ1) is 15.5. The molecular weight excluding hydrogens is 413 g/mol. The molecule has 0 saturated carbocycles. The van der Waals surface area contributed by atoms with Gasteiger partial charge < -0.3 is 19.2 Å². The van der Waals surface area contributed by atoms with E-state index in [1.807, 2.05) is 31.2 Å². The van der Waals surface area contributed by atoms with Gasteiger partial charge in [0.05, 0.1) is 5.39 Å². The number of amides is 1. The highest BCUT2D eigenvalue weighted by Gasteiger charge is 2.11. The van der Waals surface area contributed by atoms with Crippen LogP contribution in [-0.2, 0) is 11.3 Å². The van der Waals surface area contributed by atoms with Crippen LogP contribution in [0.3, 0.4) is 0 Å². The Bertz CT molecular complexity index is 1300. The van der Waals surface area contributed by atoms with Crippen molar-refractivity contribution in [1.82, 2.24) is 5.32 Å². The highest BCUT2D eigenvalue weighted by molar-refractivity contribution is 5.80. The first-order valence-corrected chi connectivity index (χ1v) is 9.92. The van der Waals surface area contributed by atoms with Crippen LogP contribution in [0.4, 0.5) is 4.39 Å². The van der Waals surface area contributed by atoms with Crippen molar-refractivity contribution in [1.29, 1.82) is 0 Å². The van der Waals surface area contributed by atoms with E-state index in [0.29, 0.717) is 29.0 Å². The Morgan fingerprint density at radius 1 is 1.00 bits per heavy atom. The van der Waals surface area contributed by atoms with E-state index in [1.165, 1.54) is 42.7 Å². The molecule has 4 rings (SSSR count). The molecule has 0 unspecified atom stereocenters. The van der Waals surface area contributed by atoms with Gasteiger partial charge in [0, 0.05) is 12.6 Å². The minimum Gasteiger partial charge on any atom is -0.484 e. The number of hydrogen-bond donors (Lipinski definition) is 1. The summed E-state index contributed by atoms with van der Waals surface area (Å²) >= 11 is 0. The Morgan fingerprint density at radius 2 is 1.72 bits per heavy atom. The number of halogens is 1. The van der Waals surface area contributed by atoms with Crippen molar-refractivity contribution in [3.8, 4) is 17.2 Å². The zero-order valence-electron chi connectivity index (χ0n) is 17.3. The zero-order chi connectivity index (χ0) is 22.5. The molecule has 0 saturated heterocycles. The first-order valence-electron chi connectivity index (χ1n) is 9.92. The molecule has 0 radical (unpaired) electrons. The fourth-order valence-corrected chi connectivity index (χ4v) is 2.99. The predicted octanol–water partition coefficient (Wildman–Crippen LogP) is 4.73. The molecule has 6 nitrogen and oxygen atoms in total. The van der Waals surface area contributed by atoms with Gasteiger partial charge in [-0.2, -0.15) is 0 Å². The van der Waals surface area contributed by atoms with E-state index in [2.05, 4.69) is 5.32 Å². The van der Waals surface area contributed by atoms with Crippen LogP contribution in [0.15, 0.2) is 82.2 Å². The van der Waals surface area contributed by atoms with E-state index in [-0.39, 0.29) is 23.7 Å². The van der Waals surface area contributed by atoms with Crippen molar-refractivity contribution in [3.63, 3.8) is 0 Å². The lowest BCUT2D eigenvalue weighted by Gasteiger charge is -2.09. The summed E-state index contributed by atoms with van der Waals surface area (Å²) in [6, 6.07) is 17.8. The van der Waals surface area contributed by atoms with E-state index in [1.54, 1.807) is 6.07 Å². The van der Waals surface area contributed by atoms with Gasteiger partial charge >= 0.3 is 0 Å². The average molecular weight is 433 g/mol.